The van der Waals surface area contributed by atoms with Crippen LogP contribution in [-0.2, 0) is 0 Å². The van der Waals surface area contributed by atoms with Crippen LogP contribution in [0.1, 0.15) is 37.1 Å². The smallest absolute Gasteiger partial charge is 0.184 e. The molecule has 1 fully saturated rings. The number of aryl methyl sites for hydroxylation is 2. The van der Waals surface area contributed by atoms with Crippen molar-refractivity contribution in [3.05, 3.63) is 11.5 Å². The minimum Gasteiger partial charge on any atom is -0.485 e. The molecule has 0 atom stereocenters. The predicted octanol–water partition coefficient (Wildman–Crippen LogP) is 2.61. The minimum atomic E-state index is 0.386. The van der Waals surface area contributed by atoms with Crippen LogP contribution in [0.3, 0.4) is 0 Å². The van der Waals surface area contributed by atoms with Crippen LogP contribution >= 0.6 is 0 Å². The molecule has 1 saturated carbocycles. The van der Waals surface area contributed by atoms with E-state index in [1.54, 1.807) is 0 Å². The lowest BCUT2D eigenvalue weighted by atomic mass is 10.3. The zero-order chi connectivity index (χ0) is 9.26. The second-order valence-corrected chi connectivity index (χ2v) is 3.68. The van der Waals surface area contributed by atoms with Crippen molar-refractivity contribution in [1.29, 1.82) is 0 Å². The number of aromatic nitrogens is 1. The summed E-state index contributed by atoms with van der Waals surface area (Å²) in [6.07, 6.45) is 5.30. The van der Waals surface area contributed by atoms with Crippen LogP contribution < -0.4 is 4.74 Å². The van der Waals surface area contributed by atoms with Gasteiger partial charge in [-0.2, -0.15) is 0 Å². The molecule has 0 radical (unpaired) electrons. The molecule has 0 N–H and O–H groups in total. The third kappa shape index (κ3) is 1.69. The topological polar surface area (TPSA) is 35.3 Å². The van der Waals surface area contributed by atoms with Gasteiger partial charge < -0.3 is 9.26 Å². The number of ether oxygens (including phenoxy) is 1. The average Bonchev–Trinajstić information content (AvgIpc) is 2.70. The third-order valence-electron chi connectivity index (χ3n) is 2.55. The highest BCUT2D eigenvalue weighted by molar-refractivity contribution is 5.28. The van der Waals surface area contributed by atoms with E-state index in [4.69, 9.17) is 9.26 Å². The second-order valence-electron chi connectivity index (χ2n) is 3.68. The van der Waals surface area contributed by atoms with Gasteiger partial charge >= 0.3 is 0 Å². The van der Waals surface area contributed by atoms with Gasteiger partial charge in [0.15, 0.2) is 11.5 Å². The summed E-state index contributed by atoms with van der Waals surface area (Å²) in [6.45, 7) is 3.81. The van der Waals surface area contributed by atoms with Crippen LogP contribution in [0.2, 0.25) is 0 Å². The van der Waals surface area contributed by atoms with Crippen molar-refractivity contribution in [2.75, 3.05) is 0 Å². The number of rotatable bonds is 2. The highest BCUT2D eigenvalue weighted by atomic mass is 16.5. The van der Waals surface area contributed by atoms with Crippen molar-refractivity contribution in [1.82, 2.24) is 5.16 Å². The summed E-state index contributed by atoms with van der Waals surface area (Å²) < 4.78 is 10.9. The van der Waals surface area contributed by atoms with Gasteiger partial charge in [0.1, 0.15) is 5.69 Å². The van der Waals surface area contributed by atoms with Crippen molar-refractivity contribution >= 4 is 0 Å². The quantitative estimate of drug-likeness (QED) is 0.703. The van der Waals surface area contributed by atoms with E-state index in [1.165, 1.54) is 25.7 Å². The lowest BCUT2D eigenvalue weighted by molar-refractivity contribution is 0.204. The Morgan fingerprint density at radius 1 is 1.31 bits per heavy atom. The molecule has 72 valence electrons. The zero-order valence-electron chi connectivity index (χ0n) is 8.17. The van der Waals surface area contributed by atoms with Crippen LogP contribution in [-0.4, -0.2) is 11.3 Å². The second kappa shape index (κ2) is 3.40. The Balaban J connectivity index is 2.07. The van der Waals surface area contributed by atoms with Gasteiger partial charge in [-0.25, -0.2) is 0 Å². The van der Waals surface area contributed by atoms with Crippen LogP contribution in [0, 0.1) is 13.8 Å². The van der Waals surface area contributed by atoms with E-state index >= 15 is 0 Å². The maximum atomic E-state index is 5.82. The Kier molecular flexibility index (Phi) is 2.25. The molecule has 1 aliphatic rings. The van der Waals surface area contributed by atoms with Gasteiger partial charge in [-0.3, -0.25) is 0 Å². The molecule has 1 aliphatic carbocycles. The van der Waals surface area contributed by atoms with E-state index in [9.17, 15) is 0 Å². The van der Waals surface area contributed by atoms with Crippen LogP contribution in [0.5, 0.6) is 5.75 Å². The summed E-state index contributed by atoms with van der Waals surface area (Å²) in [4.78, 5) is 0. The first kappa shape index (κ1) is 8.60. The number of nitrogens with zero attached hydrogens (tertiary/aromatic N) is 1. The van der Waals surface area contributed by atoms with Crippen LogP contribution in [0.25, 0.3) is 0 Å². The van der Waals surface area contributed by atoms with Crippen molar-refractivity contribution in [2.24, 2.45) is 0 Å². The fourth-order valence-electron chi connectivity index (χ4n) is 1.82. The number of hydrogen-bond acceptors (Lipinski definition) is 3. The van der Waals surface area contributed by atoms with Crippen LogP contribution in [0.4, 0.5) is 0 Å². The molecule has 0 unspecified atom stereocenters. The molecule has 1 heterocycles. The van der Waals surface area contributed by atoms with Gasteiger partial charge in [0, 0.05) is 6.92 Å². The molecule has 2 rings (SSSR count). The first-order valence-corrected chi connectivity index (χ1v) is 4.87. The lowest BCUT2D eigenvalue weighted by Crippen LogP contribution is -2.11. The predicted molar refractivity (Wildman–Crippen MR) is 48.9 cm³/mol. The normalized spacial score (nSPS) is 18.0. The number of hydrogen-bond donors (Lipinski definition) is 0. The maximum absolute atomic E-state index is 5.82. The summed E-state index contributed by atoms with van der Waals surface area (Å²) in [6, 6.07) is 0. The first-order chi connectivity index (χ1) is 6.27. The molecule has 0 bridgehead atoms. The Hall–Kier alpha value is -0.990. The SMILES string of the molecule is Cc1noc(C)c1OC1CCCC1. The van der Waals surface area contributed by atoms with E-state index in [0.717, 1.165) is 17.2 Å². The largest absolute Gasteiger partial charge is 0.485 e. The third-order valence-corrected chi connectivity index (χ3v) is 2.55. The standard InChI is InChI=1S/C10H15NO2/c1-7-10(8(2)13-11-7)12-9-5-3-4-6-9/h9H,3-6H2,1-2H3. The van der Waals surface area contributed by atoms with Gasteiger partial charge in [0.25, 0.3) is 0 Å². The lowest BCUT2D eigenvalue weighted by Gasteiger charge is -2.11. The van der Waals surface area contributed by atoms with Gasteiger partial charge in [-0.05, 0) is 32.6 Å². The molecule has 0 amide bonds. The van der Waals surface area contributed by atoms with Gasteiger partial charge in [-0.15, -0.1) is 0 Å². The van der Waals surface area contributed by atoms with E-state index in [0.29, 0.717) is 6.10 Å². The van der Waals surface area contributed by atoms with E-state index < -0.39 is 0 Å². The van der Waals surface area contributed by atoms with Crippen molar-refractivity contribution in [3.63, 3.8) is 0 Å². The average molecular weight is 181 g/mol. The highest BCUT2D eigenvalue weighted by Crippen LogP contribution is 2.28. The minimum absolute atomic E-state index is 0.386. The van der Waals surface area contributed by atoms with E-state index in [1.807, 2.05) is 13.8 Å². The molecular formula is C10H15NO2. The zero-order valence-corrected chi connectivity index (χ0v) is 8.17. The highest BCUT2D eigenvalue weighted by Gasteiger charge is 2.20. The fourth-order valence-corrected chi connectivity index (χ4v) is 1.82. The molecule has 0 spiro atoms. The van der Waals surface area contributed by atoms with Gasteiger partial charge in [0.2, 0.25) is 0 Å². The molecule has 0 saturated heterocycles. The molecule has 3 nitrogen and oxygen atoms in total. The molecule has 0 aromatic carbocycles. The van der Waals surface area contributed by atoms with Gasteiger partial charge in [-0.1, -0.05) is 5.16 Å². The molecular weight excluding hydrogens is 166 g/mol. The molecule has 1 aromatic rings. The van der Waals surface area contributed by atoms with Gasteiger partial charge in [0.05, 0.1) is 6.10 Å². The van der Waals surface area contributed by atoms with Crippen molar-refractivity contribution < 1.29 is 9.26 Å². The molecule has 3 heteroatoms. The monoisotopic (exact) mass is 181 g/mol. The Labute approximate surface area is 78.1 Å². The molecule has 1 aromatic heterocycles. The van der Waals surface area contributed by atoms with Crippen LogP contribution in [0.15, 0.2) is 4.52 Å². The Bertz CT molecular complexity index is 268. The van der Waals surface area contributed by atoms with Crippen molar-refractivity contribution in [2.45, 2.75) is 45.6 Å². The summed E-state index contributed by atoms with van der Waals surface area (Å²) in [5.74, 6) is 1.65. The van der Waals surface area contributed by atoms with E-state index in [2.05, 4.69) is 5.16 Å². The summed E-state index contributed by atoms with van der Waals surface area (Å²) >= 11 is 0. The summed E-state index contributed by atoms with van der Waals surface area (Å²) in [7, 11) is 0. The Morgan fingerprint density at radius 3 is 2.54 bits per heavy atom. The maximum Gasteiger partial charge on any atom is 0.184 e. The Morgan fingerprint density at radius 2 is 2.00 bits per heavy atom. The summed E-state index contributed by atoms with van der Waals surface area (Å²) in [5.41, 5.74) is 0.865. The fraction of sp³-hybridized carbons (Fsp3) is 0.700. The summed E-state index contributed by atoms with van der Waals surface area (Å²) in [5, 5.41) is 3.86. The first-order valence-electron chi connectivity index (χ1n) is 4.87. The van der Waals surface area contributed by atoms with Crippen molar-refractivity contribution in [3.8, 4) is 5.75 Å². The molecule has 0 aliphatic heterocycles. The van der Waals surface area contributed by atoms with E-state index in [-0.39, 0.29) is 0 Å². The molecule has 13 heavy (non-hydrogen) atoms.